The molecule has 3 saturated heterocycles. The molecular formula is C23H28F3N5OS. The van der Waals surface area contributed by atoms with Crippen LogP contribution in [-0.4, -0.2) is 83.7 Å². The number of anilines is 1. The Hall–Kier alpha value is -1.91. The Labute approximate surface area is 194 Å². The number of nitrogens with one attached hydrogen (secondary N) is 1. The molecule has 4 fully saturated rings. The first-order valence-corrected chi connectivity index (χ1v) is 12.5. The summed E-state index contributed by atoms with van der Waals surface area (Å²) in [5.41, 5.74) is 1.82. The fourth-order valence-electron chi connectivity index (χ4n) is 6.54. The molecule has 1 aliphatic carbocycles. The van der Waals surface area contributed by atoms with Gasteiger partial charge in [-0.25, -0.2) is 0 Å². The Morgan fingerprint density at radius 3 is 2.79 bits per heavy atom. The van der Waals surface area contributed by atoms with Crippen molar-refractivity contribution in [2.45, 2.75) is 49.5 Å². The van der Waals surface area contributed by atoms with Gasteiger partial charge in [-0.05, 0) is 68.4 Å². The van der Waals surface area contributed by atoms with E-state index in [0.29, 0.717) is 36.7 Å². The molecule has 1 saturated carbocycles. The fourth-order valence-corrected chi connectivity index (χ4v) is 7.34. The quantitative estimate of drug-likeness (QED) is 0.713. The number of rotatable bonds is 5. The van der Waals surface area contributed by atoms with Crippen molar-refractivity contribution in [3.05, 3.63) is 23.9 Å². The third kappa shape index (κ3) is 3.52. The van der Waals surface area contributed by atoms with E-state index >= 15 is 0 Å². The minimum absolute atomic E-state index is 0.0986. The van der Waals surface area contributed by atoms with Crippen LogP contribution in [0.3, 0.4) is 0 Å². The summed E-state index contributed by atoms with van der Waals surface area (Å²) in [5, 5.41) is 4.11. The summed E-state index contributed by atoms with van der Waals surface area (Å²) in [6.45, 7) is 2.48. The zero-order chi connectivity index (χ0) is 23.0. The van der Waals surface area contributed by atoms with Gasteiger partial charge in [-0.1, -0.05) is 0 Å². The van der Waals surface area contributed by atoms with Crippen LogP contribution in [0.25, 0.3) is 10.1 Å². The number of aromatic nitrogens is 1. The molecule has 4 aliphatic rings. The van der Waals surface area contributed by atoms with Gasteiger partial charge < -0.3 is 10.2 Å². The normalized spacial score (nSPS) is 31.4. The predicted molar refractivity (Wildman–Crippen MR) is 122 cm³/mol. The van der Waals surface area contributed by atoms with E-state index in [2.05, 4.69) is 19.5 Å². The molecule has 1 aromatic heterocycles. The van der Waals surface area contributed by atoms with Crippen molar-refractivity contribution < 1.29 is 18.0 Å². The molecule has 6 rings (SSSR count). The molecule has 6 nitrogen and oxygen atoms in total. The topological polar surface area (TPSA) is 51.7 Å². The number of carbonyl (C=O) groups is 1. The van der Waals surface area contributed by atoms with Crippen LogP contribution < -0.4 is 10.2 Å². The average molecular weight is 480 g/mol. The lowest BCUT2D eigenvalue weighted by molar-refractivity contribution is -0.146. The smallest absolute Gasteiger partial charge is 0.370 e. The largest absolute Gasteiger partial charge is 0.401 e. The maximum atomic E-state index is 13.1. The van der Waals surface area contributed by atoms with Crippen LogP contribution in [0.4, 0.5) is 18.9 Å². The molecule has 4 heterocycles. The molecule has 178 valence electrons. The van der Waals surface area contributed by atoms with Crippen molar-refractivity contribution in [3.63, 3.8) is 0 Å². The highest BCUT2D eigenvalue weighted by Gasteiger charge is 2.63. The van der Waals surface area contributed by atoms with Crippen LogP contribution in [0.5, 0.6) is 0 Å². The first-order valence-electron chi connectivity index (χ1n) is 11.7. The lowest BCUT2D eigenvalue weighted by Gasteiger charge is -2.58. The number of fused-ring (bicyclic) bond motifs is 1. The second-order valence-corrected chi connectivity index (χ2v) is 11.0. The highest BCUT2D eigenvalue weighted by molar-refractivity contribution is 7.13. The average Bonchev–Trinajstić information content (AvgIpc) is 3.38. The number of likely N-dealkylation sites (N-methyl/N-ethyl adjacent to an activating group) is 1. The molecule has 1 N–H and O–H groups in total. The van der Waals surface area contributed by atoms with Crippen LogP contribution in [0.1, 0.15) is 36.2 Å². The molecule has 3 aliphatic heterocycles. The summed E-state index contributed by atoms with van der Waals surface area (Å²) < 4.78 is 43.6. The number of alkyl halides is 3. The Balaban J connectivity index is 1.13. The molecular weight excluding hydrogens is 451 g/mol. The van der Waals surface area contributed by atoms with E-state index in [1.165, 1.54) is 42.7 Å². The van der Waals surface area contributed by atoms with E-state index in [1.807, 2.05) is 18.2 Å². The third-order valence-electron chi connectivity index (χ3n) is 8.49. The van der Waals surface area contributed by atoms with Crippen molar-refractivity contribution in [3.8, 4) is 0 Å². The Kier molecular flexibility index (Phi) is 4.94. The number of hydrogen-bond acceptors (Lipinski definition) is 6. The summed E-state index contributed by atoms with van der Waals surface area (Å²) in [6, 6.07) is 5.99. The second-order valence-electron chi connectivity index (χ2n) is 10.2. The monoisotopic (exact) mass is 479 g/mol. The van der Waals surface area contributed by atoms with Gasteiger partial charge >= 0.3 is 6.18 Å². The van der Waals surface area contributed by atoms with Gasteiger partial charge in [0, 0.05) is 54.9 Å². The number of halogens is 3. The van der Waals surface area contributed by atoms with Gasteiger partial charge in [0.25, 0.3) is 5.91 Å². The Morgan fingerprint density at radius 1 is 1.27 bits per heavy atom. The van der Waals surface area contributed by atoms with Crippen LogP contribution in [-0.2, 0) is 0 Å². The van der Waals surface area contributed by atoms with Crippen molar-refractivity contribution in [1.82, 2.24) is 19.5 Å². The van der Waals surface area contributed by atoms with Gasteiger partial charge in [0.1, 0.15) is 5.69 Å². The lowest BCUT2D eigenvalue weighted by atomic mass is 9.61. The highest BCUT2D eigenvalue weighted by atomic mass is 32.1. The number of nitrogens with zero attached hydrogens (tertiary/aromatic N) is 4. The van der Waals surface area contributed by atoms with Crippen LogP contribution in [0.15, 0.2) is 18.2 Å². The Bertz CT molecular complexity index is 1090. The molecule has 33 heavy (non-hydrogen) atoms. The van der Waals surface area contributed by atoms with Gasteiger partial charge in [-0.2, -0.15) is 17.5 Å². The van der Waals surface area contributed by atoms with E-state index < -0.39 is 12.7 Å². The molecule has 1 aromatic carbocycles. The lowest BCUT2D eigenvalue weighted by Crippen LogP contribution is -2.64. The van der Waals surface area contributed by atoms with Crippen LogP contribution >= 0.6 is 11.5 Å². The first kappa shape index (κ1) is 21.6. The van der Waals surface area contributed by atoms with Gasteiger partial charge in [0.05, 0.1) is 11.2 Å². The molecule has 1 amide bonds. The molecule has 0 radical (unpaired) electrons. The molecule has 0 bridgehead atoms. The number of hydrogen-bond donors (Lipinski definition) is 1. The minimum Gasteiger partial charge on any atom is -0.370 e. The van der Waals surface area contributed by atoms with Gasteiger partial charge in [-0.15, -0.1) is 0 Å². The first-order chi connectivity index (χ1) is 15.7. The van der Waals surface area contributed by atoms with E-state index in [1.54, 1.807) is 0 Å². The summed E-state index contributed by atoms with van der Waals surface area (Å²) in [4.78, 5) is 19.1. The van der Waals surface area contributed by atoms with Crippen molar-refractivity contribution >= 4 is 33.2 Å². The number of carbonyl (C=O) groups excluding carboxylic acids is 1. The maximum Gasteiger partial charge on any atom is 0.401 e. The van der Waals surface area contributed by atoms with Crippen LogP contribution in [0, 0.1) is 5.92 Å². The standard InChI is InChI=1S/C23H28F3N5OS/c1-29(13-23(24,25)26)15-5-8-30(11-15)14-2-3-16-19(10-14)33-28-20(16)21(32)27-18-12-31-9-7-22(31)6-4-17(18)22/h2-3,10,15,17-18H,4-9,11-13H2,1H3,(H,27,32)/t15?,17-,18+,22?/m1/s1. The molecule has 2 aromatic rings. The summed E-state index contributed by atoms with van der Waals surface area (Å²) >= 11 is 1.31. The van der Waals surface area contributed by atoms with E-state index in [4.69, 9.17) is 0 Å². The van der Waals surface area contributed by atoms with Gasteiger partial charge in [-0.3, -0.25) is 14.6 Å². The molecule has 10 heteroatoms. The molecule has 2 unspecified atom stereocenters. The highest BCUT2D eigenvalue weighted by Crippen LogP contribution is 2.57. The van der Waals surface area contributed by atoms with Crippen molar-refractivity contribution in [2.75, 3.05) is 44.7 Å². The van der Waals surface area contributed by atoms with E-state index in [0.717, 1.165) is 28.9 Å². The maximum absolute atomic E-state index is 13.1. The van der Waals surface area contributed by atoms with Crippen LogP contribution in [0.2, 0.25) is 0 Å². The van der Waals surface area contributed by atoms with Gasteiger partial charge in [0.2, 0.25) is 0 Å². The summed E-state index contributed by atoms with van der Waals surface area (Å²) in [6.07, 6.45) is 0.223. The summed E-state index contributed by atoms with van der Waals surface area (Å²) in [5.74, 6) is 0.476. The number of benzene rings is 1. The zero-order valence-corrected chi connectivity index (χ0v) is 19.4. The number of amides is 1. The van der Waals surface area contributed by atoms with Crippen molar-refractivity contribution in [2.24, 2.45) is 5.92 Å². The van der Waals surface area contributed by atoms with E-state index in [9.17, 15) is 18.0 Å². The van der Waals surface area contributed by atoms with E-state index in [-0.39, 0.29) is 18.0 Å². The second kappa shape index (κ2) is 7.55. The summed E-state index contributed by atoms with van der Waals surface area (Å²) in [7, 11) is 1.54. The SMILES string of the molecule is CN(CC(F)(F)F)C1CCN(c2ccc3c(C(=O)N[C@H]4CN5CCC56CC[C@H]46)nsc3c2)C1. The third-order valence-corrected chi connectivity index (χ3v) is 9.30. The van der Waals surface area contributed by atoms with Crippen molar-refractivity contribution in [1.29, 1.82) is 0 Å². The minimum atomic E-state index is -4.19. The molecule has 1 spiro atoms. The zero-order valence-electron chi connectivity index (χ0n) is 18.6. The molecule has 4 atom stereocenters. The Morgan fingerprint density at radius 2 is 2.12 bits per heavy atom. The predicted octanol–water partition coefficient (Wildman–Crippen LogP) is 3.34. The van der Waals surface area contributed by atoms with Gasteiger partial charge in [0.15, 0.2) is 0 Å². The fraction of sp³-hybridized carbons (Fsp3) is 0.652.